The summed E-state index contributed by atoms with van der Waals surface area (Å²) in [6, 6.07) is 5.81. The molecule has 2 aromatic rings. The van der Waals surface area contributed by atoms with E-state index < -0.39 is 0 Å². The number of ether oxygens (including phenoxy) is 2. The van der Waals surface area contributed by atoms with E-state index in [1.54, 1.807) is 21.3 Å². The topological polar surface area (TPSA) is 93.8 Å². The van der Waals surface area contributed by atoms with Crippen LogP contribution in [0.5, 0.6) is 11.5 Å². The maximum atomic E-state index is 5.31. The second-order valence-corrected chi connectivity index (χ2v) is 5.38. The number of rotatable bonds is 8. The van der Waals surface area contributed by atoms with Crippen LogP contribution in [0.15, 0.2) is 27.7 Å². The average molecular weight is 347 g/mol. The zero-order valence-corrected chi connectivity index (χ0v) is 15.1. The first-order valence-corrected chi connectivity index (χ1v) is 8.11. The highest BCUT2D eigenvalue weighted by Crippen LogP contribution is 2.27. The van der Waals surface area contributed by atoms with Crippen molar-refractivity contribution in [1.29, 1.82) is 0 Å². The van der Waals surface area contributed by atoms with Crippen LogP contribution in [0.3, 0.4) is 0 Å². The van der Waals surface area contributed by atoms with Crippen LogP contribution in [-0.2, 0) is 13.0 Å². The summed E-state index contributed by atoms with van der Waals surface area (Å²) in [7, 11) is 4.99. The van der Waals surface area contributed by atoms with Crippen LogP contribution in [-0.4, -0.2) is 43.9 Å². The first kappa shape index (κ1) is 18.6. The molecule has 0 aliphatic carbocycles. The van der Waals surface area contributed by atoms with Gasteiger partial charge in [-0.2, -0.15) is 4.98 Å². The molecule has 2 N–H and O–H groups in total. The average Bonchev–Trinajstić information content (AvgIpc) is 3.06. The number of hydrogen-bond acceptors (Lipinski definition) is 6. The first-order chi connectivity index (χ1) is 12.2. The predicted octanol–water partition coefficient (Wildman–Crippen LogP) is 1.69. The lowest BCUT2D eigenvalue weighted by Gasteiger charge is -2.13. The van der Waals surface area contributed by atoms with E-state index >= 15 is 0 Å². The van der Waals surface area contributed by atoms with Gasteiger partial charge in [0.1, 0.15) is 0 Å². The molecule has 8 heteroatoms. The van der Waals surface area contributed by atoms with Gasteiger partial charge >= 0.3 is 0 Å². The lowest BCUT2D eigenvalue weighted by molar-refractivity contribution is 0.354. The quantitative estimate of drug-likeness (QED) is 0.426. The van der Waals surface area contributed by atoms with Crippen LogP contribution in [0.25, 0.3) is 0 Å². The molecule has 0 radical (unpaired) electrons. The van der Waals surface area contributed by atoms with Crippen molar-refractivity contribution >= 4 is 5.96 Å². The Morgan fingerprint density at radius 2 is 2.00 bits per heavy atom. The van der Waals surface area contributed by atoms with Crippen LogP contribution >= 0.6 is 0 Å². The highest BCUT2D eigenvalue weighted by molar-refractivity contribution is 5.79. The molecule has 1 heterocycles. The Balaban J connectivity index is 1.76. The molecule has 0 atom stereocenters. The Morgan fingerprint density at radius 3 is 2.64 bits per heavy atom. The molecule has 0 saturated heterocycles. The van der Waals surface area contributed by atoms with Crippen LogP contribution in [0, 0.1) is 6.92 Å². The summed E-state index contributed by atoms with van der Waals surface area (Å²) in [5.41, 5.74) is 1.07. The number of nitrogens with zero attached hydrogens (tertiary/aromatic N) is 3. The van der Waals surface area contributed by atoms with Gasteiger partial charge in [0.05, 0.1) is 14.2 Å². The molecule has 0 saturated carbocycles. The Labute approximate surface area is 147 Å². The molecular formula is C17H25N5O3. The summed E-state index contributed by atoms with van der Waals surface area (Å²) < 4.78 is 15.6. The van der Waals surface area contributed by atoms with E-state index in [4.69, 9.17) is 14.0 Å². The van der Waals surface area contributed by atoms with Crippen LogP contribution in [0.1, 0.15) is 23.7 Å². The van der Waals surface area contributed by atoms with Crippen LogP contribution < -0.4 is 20.1 Å². The molecule has 8 nitrogen and oxygen atoms in total. The molecule has 136 valence electrons. The highest BCUT2D eigenvalue weighted by atomic mass is 16.5. The van der Waals surface area contributed by atoms with E-state index in [-0.39, 0.29) is 0 Å². The van der Waals surface area contributed by atoms with Gasteiger partial charge in [-0.25, -0.2) is 0 Å². The molecule has 0 aliphatic rings. The third-order valence-electron chi connectivity index (χ3n) is 3.56. The first-order valence-electron chi connectivity index (χ1n) is 8.11. The van der Waals surface area contributed by atoms with Gasteiger partial charge in [0.15, 0.2) is 23.3 Å². The molecule has 1 aromatic heterocycles. The number of aryl methyl sites for hydroxylation is 2. The molecule has 0 fully saturated rings. The fourth-order valence-electron chi connectivity index (χ4n) is 2.28. The number of nitrogens with one attached hydrogen (secondary N) is 2. The lowest BCUT2D eigenvalue weighted by atomic mass is 10.2. The summed E-state index contributed by atoms with van der Waals surface area (Å²) >= 11 is 0. The van der Waals surface area contributed by atoms with Crippen molar-refractivity contribution in [1.82, 2.24) is 20.8 Å². The SMILES string of the molecule is CN=C(NCCCc1nc(C)no1)NCc1ccc(OC)c(OC)c1. The summed E-state index contributed by atoms with van der Waals surface area (Å²) in [6.07, 6.45) is 1.61. The van der Waals surface area contributed by atoms with Crippen molar-refractivity contribution in [3.05, 3.63) is 35.5 Å². The second kappa shape index (κ2) is 9.51. The molecule has 0 aliphatic heterocycles. The lowest BCUT2D eigenvalue weighted by Crippen LogP contribution is -2.37. The smallest absolute Gasteiger partial charge is 0.226 e. The monoisotopic (exact) mass is 347 g/mol. The maximum Gasteiger partial charge on any atom is 0.226 e. The van der Waals surface area contributed by atoms with Crippen LogP contribution in [0.4, 0.5) is 0 Å². The zero-order valence-electron chi connectivity index (χ0n) is 15.1. The fourth-order valence-corrected chi connectivity index (χ4v) is 2.28. The van der Waals surface area contributed by atoms with Gasteiger partial charge in [-0.15, -0.1) is 0 Å². The van der Waals surface area contributed by atoms with Gasteiger partial charge < -0.3 is 24.6 Å². The Morgan fingerprint density at radius 1 is 1.20 bits per heavy atom. The number of hydrogen-bond donors (Lipinski definition) is 2. The van der Waals surface area contributed by atoms with Gasteiger partial charge in [-0.1, -0.05) is 11.2 Å². The third-order valence-corrected chi connectivity index (χ3v) is 3.56. The zero-order chi connectivity index (χ0) is 18.1. The van der Waals surface area contributed by atoms with Crippen molar-refractivity contribution in [3.8, 4) is 11.5 Å². The van der Waals surface area contributed by atoms with Gasteiger partial charge in [0.2, 0.25) is 5.89 Å². The summed E-state index contributed by atoms with van der Waals surface area (Å²) in [5, 5.41) is 10.3. The van der Waals surface area contributed by atoms with Crippen LogP contribution in [0.2, 0.25) is 0 Å². The largest absolute Gasteiger partial charge is 0.493 e. The summed E-state index contributed by atoms with van der Waals surface area (Å²) in [5.74, 6) is 3.48. The van der Waals surface area contributed by atoms with E-state index in [1.165, 1.54) is 0 Å². The van der Waals surface area contributed by atoms with Crippen molar-refractivity contribution in [2.75, 3.05) is 27.8 Å². The van der Waals surface area contributed by atoms with Gasteiger partial charge in [0.25, 0.3) is 0 Å². The third kappa shape index (κ3) is 5.66. The van der Waals surface area contributed by atoms with E-state index in [9.17, 15) is 0 Å². The molecular weight excluding hydrogens is 322 g/mol. The minimum Gasteiger partial charge on any atom is -0.493 e. The number of aromatic nitrogens is 2. The normalized spacial score (nSPS) is 11.3. The molecule has 1 aromatic carbocycles. The molecule has 0 amide bonds. The maximum absolute atomic E-state index is 5.31. The number of benzene rings is 1. The molecule has 2 rings (SSSR count). The van der Waals surface area contributed by atoms with Gasteiger partial charge in [0, 0.05) is 26.6 Å². The van der Waals surface area contributed by atoms with Gasteiger partial charge in [-0.3, -0.25) is 4.99 Å². The molecule has 0 unspecified atom stereocenters. The minimum absolute atomic E-state index is 0.628. The standard InChI is InChI=1S/C17H25N5O3/c1-12-21-16(25-22-12)6-5-9-19-17(18-2)20-11-13-7-8-14(23-3)15(10-13)24-4/h7-8,10H,5-6,9,11H2,1-4H3,(H2,18,19,20). The number of methoxy groups -OCH3 is 2. The van der Waals surface area contributed by atoms with E-state index in [0.717, 1.165) is 30.9 Å². The number of aliphatic imine (C=N–C) groups is 1. The van der Waals surface area contributed by atoms with Crippen molar-refractivity contribution in [2.45, 2.75) is 26.3 Å². The van der Waals surface area contributed by atoms with E-state index in [2.05, 4.69) is 25.8 Å². The number of guanidine groups is 1. The van der Waals surface area contributed by atoms with E-state index in [1.807, 2.05) is 25.1 Å². The van der Waals surface area contributed by atoms with E-state index in [0.29, 0.717) is 29.8 Å². The Hall–Kier alpha value is -2.77. The fraction of sp³-hybridized carbons (Fsp3) is 0.471. The Bertz CT molecular complexity index is 699. The summed E-state index contributed by atoms with van der Waals surface area (Å²) in [6.45, 7) is 3.20. The Kier molecular flexibility index (Phi) is 7.06. The van der Waals surface area contributed by atoms with Crippen molar-refractivity contribution in [3.63, 3.8) is 0 Å². The van der Waals surface area contributed by atoms with Crippen molar-refractivity contribution in [2.24, 2.45) is 4.99 Å². The second-order valence-electron chi connectivity index (χ2n) is 5.38. The molecule has 0 bridgehead atoms. The highest BCUT2D eigenvalue weighted by Gasteiger charge is 2.06. The molecule has 25 heavy (non-hydrogen) atoms. The van der Waals surface area contributed by atoms with Crippen molar-refractivity contribution < 1.29 is 14.0 Å². The minimum atomic E-state index is 0.628. The molecule has 0 spiro atoms. The van der Waals surface area contributed by atoms with Gasteiger partial charge in [-0.05, 0) is 31.0 Å². The predicted molar refractivity (Wildman–Crippen MR) is 95.1 cm³/mol. The summed E-state index contributed by atoms with van der Waals surface area (Å²) in [4.78, 5) is 8.40.